The number of halogens is 1. The molecule has 0 spiro atoms. The Bertz CT molecular complexity index is 395. The summed E-state index contributed by atoms with van der Waals surface area (Å²) in [5.74, 6) is 0.503. The molecule has 1 aromatic carbocycles. The topological polar surface area (TPSA) is 15.3 Å². The molecule has 1 aromatic rings. The Hall–Kier alpha value is -0.930. The molecule has 2 fully saturated rings. The van der Waals surface area contributed by atoms with Crippen LogP contribution in [0.3, 0.4) is 0 Å². The van der Waals surface area contributed by atoms with Gasteiger partial charge in [-0.05, 0) is 36.0 Å². The van der Waals surface area contributed by atoms with Crippen molar-refractivity contribution in [1.29, 1.82) is 0 Å². The lowest BCUT2D eigenvalue weighted by Crippen LogP contribution is -2.42. The first-order valence-electron chi connectivity index (χ1n) is 6.54. The van der Waals surface area contributed by atoms with Crippen LogP contribution in [0.15, 0.2) is 18.2 Å². The van der Waals surface area contributed by atoms with E-state index in [0.29, 0.717) is 5.92 Å². The van der Waals surface area contributed by atoms with Crippen molar-refractivity contribution in [2.75, 3.05) is 26.2 Å². The zero-order chi connectivity index (χ0) is 11.7. The molecule has 0 aromatic heterocycles. The van der Waals surface area contributed by atoms with Gasteiger partial charge in [0.2, 0.25) is 0 Å². The summed E-state index contributed by atoms with van der Waals surface area (Å²) in [6.45, 7) is 5.09. The Kier molecular flexibility index (Phi) is 3.12. The lowest BCUT2D eigenvalue weighted by molar-refractivity contribution is 0.233. The molecule has 3 rings (SSSR count). The number of hydrogen-bond acceptors (Lipinski definition) is 2. The van der Waals surface area contributed by atoms with Gasteiger partial charge in [-0.25, -0.2) is 4.39 Å². The van der Waals surface area contributed by atoms with Gasteiger partial charge in [0.1, 0.15) is 5.82 Å². The first-order chi connectivity index (χ1) is 8.33. The van der Waals surface area contributed by atoms with E-state index in [2.05, 4.69) is 16.3 Å². The van der Waals surface area contributed by atoms with E-state index in [9.17, 15) is 4.39 Å². The molecule has 0 radical (unpaired) electrons. The van der Waals surface area contributed by atoms with E-state index in [0.717, 1.165) is 56.7 Å². The molecule has 92 valence electrons. The lowest BCUT2D eigenvalue weighted by atomic mass is 10.1. The van der Waals surface area contributed by atoms with E-state index in [4.69, 9.17) is 0 Å². The summed E-state index contributed by atoms with van der Waals surface area (Å²) in [6, 6.07) is 5.82. The van der Waals surface area contributed by atoms with Crippen LogP contribution in [0.5, 0.6) is 0 Å². The largest absolute Gasteiger partial charge is 0.314 e. The number of nitrogens with one attached hydrogen (secondary N) is 1. The normalized spacial score (nSPS) is 21.7. The monoisotopic (exact) mass is 234 g/mol. The maximum absolute atomic E-state index is 13.9. The van der Waals surface area contributed by atoms with Gasteiger partial charge in [-0.1, -0.05) is 12.1 Å². The summed E-state index contributed by atoms with van der Waals surface area (Å²) in [5, 5.41) is 3.33. The number of rotatable bonds is 3. The second kappa shape index (κ2) is 4.75. The Labute approximate surface area is 102 Å². The van der Waals surface area contributed by atoms with E-state index in [1.165, 1.54) is 0 Å². The van der Waals surface area contributed by atoms with Crippen molar-refractivity contribution in [3.63, 3.8) is 0 Å². The Balaban J connectivity index is 1.68. The molecule has 0 amide bonds. The maximum atomic E-state index is 13.9. The Morgan fingerprint density at radius 3 is 2.65 bits per heavy atom. The zero-order valence-corrected chi connectivity index (χ0v) is 10.1. The highest BCUT2D eigenvalue weighted by Crippen LogP contribution is 2.41. The highest BCUT2D eigenvalue weighted by Gasteiger charge is 2.26. The molecular formula is C14H19FN2. The van der Waals surface area contributed by atoms with Gasteiger partial charge in [-0.3, -0.25) is 4.90 Å². The quantitative estimate of drug-likeness (QED) is 0.861. The standard InChI is InChI=1S/C14H19FN2/c15-14-9-11(1-4-13(14)12-2-3-12)10-17-7-5-16-6-8-17/h1,4,9,12,16H,2-3,5-8,10H2. The number of nitrogens with zero attached hydrogens (tertiary/aromatic N) is 1. The van der Waals surface area contributed by atoms with Crippen LogP contribution in [0.25, 0.3) is 0 Å². The Morgan fingerprint density at radius 1 is 1.24 bits per heavy atom. The summed E-state index contributed by atoms with van der Waals surface area (Å²) >= 11 is 0. The maximum Gasteiger partial charge on any atom is 0.127 e. The van der Waals surface area contributed by atoms with E-state index in [1.807, 2.05) is 6.07 Å². The molecule has 1 heterocycles. The lowest BCUT2D eigenvalue weighted by Gasteiger charge is -2.27. The average Bonchev–Trinajstić information content (AvgIpc) is 3.15. The molecule has 1 aliphatic carbocycles. The van der Waals surface area contributed by atoms with Crippen LogP contribution in [0.2, 0.25) is 0 Å². The van der Waals surface area contributed by atoms with Crippen molar-refractivity contribution in [3.8, 4) is 0 Å². The molecular weight excluding hydrogens is 215 g/mol. The average molecular weight is 234 g/mol. The van der Waals surface area contributed by atoms with Crippen molar-refractivity contribution in [2.24, 2.45) is 0 Å². The van der Waals surface area contributed by atoms with Crippen molar-refractivity contribution >= 4 is 0 Å². The fraction of sp³-hybridized carbons (Fsp3) is 0.571. The highest BCUT2D eigenvalue weighted by molar-refractivity contribution is 5.29. The summed E-state index contributed by atoms with van der Waals surface area (Å²) < 4.78 is 13.9. The first-order valence-corrected chi connectivity index (χ1v) is 6.54. The van der Waals surface area contributed by atoms with Gasteiger partial charge in [0.25, 0.3) is 0 Å². The molecule has 0 atom stereocenters. The molecule has 1 saturated heterocycles. The summed E-state index contributed by atoms with van der Waals surface area (Å²) in [7, 11) is 0. The second-order valence-electron chi connectivity index (χ2n) is 5.16. The first kappa shape index (κ1) is 11.2. The van der Waals surface area contributed by atoms with Crippen molar-refractivity contribution < 1.29 is 4.39 Å². The zero-order valence-electron chi connectivity index (χ0n) is 10.1. The van der Waals surface area contributed by atoms with Gasteiger partial charge in [0.05, 0.1) is 0 Å². The predicted octanol–water partition coefficient (Wildman–Crippen LogP) is 2.11. The third-order valence-electron chi connectivity index (χ3n) is 3.70. The van der Waals surface area contributed by atoms with Gasteiger partial charge < -0.3 is 5.32 Å². The number of hydrogen-bond donors (Lipinski definition) is 1. The van der Waals surface area contributed by atoms with Crippen molar-refractivity contribution in [1.82, 2.24) is 10.2 Å². The van der Waals surface area contributed by atoms with E-state index in [-0.39, 0.29) is 5.82 Å². The Morgan fingerprint density at radius 2 is 2.00 bits per heavy atom. The van der Waals surface area contributed by atoms with Gasteiger partial charge in [0, 0.05) is 32.7 Å². The third kappa shape index (κ3) is 2.67. The fourth-order valence-electron chi connectivity index (χ4n) is 2.52. The van der Waals surface area contributed by atoms with Gasteiger partial charge in [-0.2, -0.15) is 0 Å². The molecule has 2 aliphatic rings. The molecule has 1 N–H and O–H groups in total. The molecule has 0 bridgehead atoms. The number of piperazine rings is 1. The third-order valence-corrected chi connectivity index (χ3v) is 3.70. The van der Waals surface area contributed by atoms with E-state index in [1.54, 1.807) is 6.07 Å². The smallest absolute Gasteiger partial charge is 0.127 e. The van der Waals surface area contributed by atoms with E-state index >= 15 is 0 Å². The second-order valence-corrected chi connectivity index (χ2v) is 5.16. The van der Waals surface area contributed by atoms with Gasteiger partial charge in [-0.15, -0.1) is 0 Å². The van der Waals surface area contributed by atoms with Crippen LogP contribution in [0.1, 0.15) is 29.9 Å². The van der Waals surface area contributed by atoms with Crippen molar-refractivity contribution in [2.45, 2.75) is 25.3 Å². The SMILES string of the molecule is Fc1cc(CN2CCNCC2)ccc1C1CC1. The molecule has 1 aliphatic heterocycles. The van der Waals surface area contributed by atoms with Gasteiger partial charge >= 0.3 is 0 Å². The molecule has 1 saturated carbocycles. The van der Waals surface area contributed by atoms with Crippen LogP contribution in [0.4, 0.5) is 4.39 Å². The van der Waals surface area contributed by atoms with Crippen LogP contribution in [0, 0.1) is 5.82 Å². The molecule has 0 unspecified atom stereocenters. The van der Waals surface area contributed by atoms with Crippen LogP contribution in [-0.4, -0.2) is 31.1 Å². The van der Waals surface area contributed by atoms with Crippen LogP contribution < -0.4 is 5.32 Å². The minimum Gasteiger partial charge on any atom is -0.314 e. The summed E-state index contributed by atoms with van der Waals surface area (Å²) in [5.41, 5.74) is 2.03. The number of benzene rings is 1. The molecule has 2 nitrogen and oxygen atoms in total. The minimum atomic E-state index is 0.000124. The van der Waals surface area contributed by atoms with E-state index < -0.39 is 0 Å². The van der Waals surface area contributed by atoms with Gasteiger partial charge in [0.15, 0.2) is 0 Å². The fourth-order valence-corrected chi connectivity index (χ4v) is 2.52. The van der Waals surface area contributed by atoms with Crippen LogP contribution >= 0.6 is 0 Å². The molecule has 17 heavy (non-hydrogen) atoms. The van der Waals surface area contributed by atoms with Crippen molar-refractivity contribution in [3.05, 3.63) is 35.1 Å². The summed E-state index contributed by atoms with van der Waals surface area (Å²) in [6.07, 6.45) is 2.32. The highest BCUT2D eigenvalue weighted by atomic mass is 19.1. The minimum absolute atomic E-state index is 0.000124. The predicted molar refractivity (Wildman–Crippen MR) is 66.5 cm³/mol. The summed E-state index contributed by atoms with van der Waals surface area (Å²) in [4.78, 5) is 2.38. The molecule has 3 heteroatoms. The van der Waals surface area contributed by atoms with Crippen LogP contribution in [-0.2, 0) is 6.54 Å².